The monoisotopic (exact) mass is 321 g/mol. The highest BCUT2D eigenvalue weighted by Crippen LogP contribution is 2.26. The summed E-state index contributed by atoms with van der Waals surface area (Å²) >= 11 is 3.26. The number of hydrogen-bond acceptors (Lipinski definition) is 3. The van der Waals surface area contributed by atoms with Crippen LogP contribution in [0, 0.1) is 0 Å². The second-order valence-corrected chi connectivity index (χ2v) is 6.54. The third-order valence-electron chi connectivity index (χ3n) is 2.34. The van der Waals surface area contributed by atoms with Gasteiger partial charge < -0.3 is 5.73 Å². The molecule has 0 aliphatic rings. The van der Waals surface area contributed by atoms with Crippen LogP contribution in [0.3, 0.4) is 0 Å². The lowest BCUT2D eigenvalue weighted by atomic mass is 10.3. The average molecular weight is 322 g/mol. The van der Waals surface area contributed by atoms with E-state index in [1.165, 1.54) is 11.4 Å². The van der Waals surface area contributed by atoms with E-state index in [1.54, 1.807) is 32.0 Å². The second-order valence-electron chi connectivity index (χ2n) is 3.96. The van der Waals surface area contributed by atoms with E-state index in [2.05, 4.69) is 20.7 Å². The quantitative estimate of drug-likeness (QED) is 0.833. The summed E-state index contributed by atoms with van der Waals surface area (Å²) in [6.45, 7) is 3.61. The minimum absolute atomic E-state index is 0.111. The lowest BCUT2D eigenvalue weighted by molar-refractivity contribution is 0.414. The van der Waals surface area contributed by atoms with Gasteiger partial charge in [-0.25, -0.2) is 0 Å². The molecule has 0 unspecified atom stereocenters. The van der Waals surface area contributed by atoms with Crippen molar-refractivity contribution in [2.24, 2.45) is 0 Å². The fourth-order valence-corrected chi connectivity index (χ4v) is 2.88. The summed E-state index contributed by atoms with van der Waals surface area (Å²) in [4.78, 5) is 0. The molecular formula is C10H16BrN3O2S. The molecule has 0 spiro atoms. The molecule has 1 rings (SSSR count). The number of nitrogens with zero attached hydrogens (tertiary/aromatic N) is 1. The zero-order chi connectivity index (χ0) is 13.2. The largest absolute Gasteiger partial charge is 0.399 e. The highest BCUT2D eigenvalue weighted by molar-refractivity contribution is 9.10. The van der Waals surface area contributed by atoms with Crippen molar-refractivity contribution in [2.75, 3.05) is 17.5 Å². The number of nitrogens with one attached hydrogen (secondary N) is 1. The number of nitrogens with two attached hydrogens (primary N) is 1. The Morgan fingerprint density at radius 2 is 2.00 bits per heavy atom. The molecule has 0 fully saturated rings. The molecule has 0 radical (unpaired) electrons. The zero-order valence-electron chi connectivity index (χ0n) is 9.94. The summed E-state index contributed by atoms with van der Waals surface area (Å²) in [5.74, 6) is 0. The van der Waals surface area contributed by atoms with Crippen LogP contribution in [0.2, 0.25) is 0 Å². The zero-order valence-corrected chi connectivity index (χ0v) is 12.3. The molecule has 0 aliphatic heterocycles. The molecule has 0 aliphatic carbocycles. The average Bonchev–Trinajstić information content (AvgIpc) is 2.21. The first-order chi connectivity index (χ1) is 7.74. The molecule has 0 saturated carbocycles. The highest BCUT2D eigenvalue weighted by Gasteiger charge is 2.20. The van der Waals surface area contributed by atoms with Crippen LogP contribution in [0.1, 0.15) is 13.8 Å². The summed E-state index contributed by atoms with van der Waals surface area (Å²) in [7, 11) is -2.01. The first kappa shape index (κ1) is 14.3. The smallest absolute Gasteiger partial charge is 0.301 e. The lowest BCUT2D eigenvalue weighted by Crippen LogP contribution is -2.37. The van der Waals surface area contributed by atoms with Gasteiger partial charge in [0.25, 0.3) is 0 Å². The molecule has 0 bridgehead atoms. The molecule has 7 heteroatoms. The fourth-order valence-electron chi connectivity index (χ4n) is 1.10. The van der Waals surface area contributed by atoms with Crippen LogP contribution in [0.5, 0.6) is 0 Å². The van der Waals surface area contributed by atoms with Gasteiger partial charge in [-0.15, -0.1) is 0 Å². The molecule has 0 amide bonds. The van der Waals surface area contributed by atoms with E-state index in [-0.39, 0.29) is 6.04 Å². The first-order valence-corrected chi connectivity index (χ1v) is 7.28. The van der Waals surface area contributed by atoms with Crippen molar-refractivity contribution in [2.45, 2.75) is 19.9 Å². The molecule has 1 aromatic carbocycles. The first-order valence-electron chi connectivity index (χ1n) is 5.05. The maximum absolute atomic E-state index is 11.9. The van der Waals surface area contributed by atoms with E-state index < -0.39 is 10.2 Å². The van der Waals surface area contributed by atoms with E-state index in [1.807, 2.05) is 0 Å². The number of anilines is 2. The van der Waals surface area contributed by atoms with Crippen LogP contribution in [0.4, 0.5) is 11.4 Å². The fraction of sp³-hybridized carbons (Fsp3) is 0.400. The number of rotatable bonds is 4. The molecule has 3 N–H and O–H groups in total. The predicted octanol–water partition coefficient (Wildman–Crippen LogP) is 2.03. The van der Waals surface area contributed by atoms with E-state index in [0.717, 1.165) is 0 Å². The SMILES string of the molecule is CC(C)N(C)S(=O)(=O)Nc1ccc(N)cc1Br. The van der Waals surface area contributed by atoms with Gasteiger partial charge in [-0.2, -0.15) is 12.7 Å². The summed E-state index contributed by atoms with van der Waals surface area (Å²) in [6.07, 6.45) is 0. The Labute approximate surface area is 110 Å². The molecule has 0 atom stereocenters. The Morgan fingerprint density at radius 1 is 1.41 bits per heavy atom. The van der Waals surface area contributed by atoms with E-state index in [0.29, 0.717) is 15.8 Å². The van der Waals surface area contributed by atoms with Crippen molar-refractivity contribution in [3.8, 4) is 0 Å². The van der Waals surface area contributed by atoms with Crippen molar-refractivity contribution in [3.05, 3.63) is 22.7 Å². The maximum Gasteiger partial charge on any atom is 0.301 e. The predicted molar refractivity (Wildman–Crippen MR) is 74.0 cm³/mol. The van der Waals surface area contributed by atoms with Gasteiger partial charge in [-0.3, -0.25) is 4.72 Å². The standard InChI is InChI=1S/C10H16BrN3O2S/c1-7(2)14(3)17(15,16)13-10-5-4-8(12)6-9(10)11/h4-7,13H,12H2,1-3H3. The van der Waals surface area contributed by atoms with Gasteiger partial charge in [0.15, 0.2) is 0 Å². The van der Waals surface area contributed by atoms with Crippen LogP contribution < -0.4 is 10.5 Å². The summed E-state index contributed by atoms with van der Waals surface area (Å²) in [6, 6.07) is 4.79. The Balaban J connectivity index is 2.98. The highest BCUT2D eigenvalue weighted by atomic mass is 79.9. The normalized spacial score (nSPS) is 12.1. The van der Waals surface area contributed by atoms with Crippen molar-refractivity contribution >= 4 is 37.5 Å². The van der Waals surface area contributed by atoms with E-state index >= 15 is 0 Å². The third kappa shape index (κ3) is 3.58. The third-order valence-corrected chi connectivity index (χ3v) is 4.65. The van der Waals surface area contributed by atoms with Crippen molar-refractivity contribution < 1.29 is 8.42 Å². The molecule has 17 heavy (non-hydrogen) atoms. The molecule has 96 valence electrons. The van der Waals surface area contributed by atoms with Crippen LogP contribution in [-0.4, -0.2) is 25.8 Å². The number of halogens is 1. The van der Waals surface area contributed by atoms with Gasteiger partial charge in [0.1, 0.15) is 0 Å². The van der Waals surface area contributed by atoms with Gasteiger partial charge in [0.2, 0.25) is 0 Å². The van der Waals surface area contributed by atoms with Crippen LogP contribution >= 0.6 is 15.9 Å². The Kier molecular flexibility index (Phi) is 4.40. The topological polar surface area (TPSA) is 75.4 Å². The molecule has 0 heterocycles. The number of benzene rings is 1. The second kappa shape index (κ2) is 5.24. The van der Waals surface area contributed by atoms with Gasteiger partial charge in [0, 0.05) is 23.2 Å². The molecular weight excluding hydrogens is 306 g/mol. The van der Waals surface area contributed by atoms with E-state index in [9.17, 15) is 8.42 Å². The van der Waals surface area contributed by atoms with Crippen molar-refractivity contribution in [1.29, 1.82) is 0 Å². The maximum atomic E-state index is 11.9. The summed E-state index contributed by atoms with van der Waals surface area (Å²) in [5, 5.41) is 0. The van der Waals surface area contributed by atoms with Crippen LogP contribution in [-0.2, 0) is 10.2 Å². The van der Waals surface area contributed by atoms with Gasteiger partial charge in [0.05, 0.1) is 5.69 Å². The summed E-state index contributed by atoms with van der Waals surface area (Å²) in [5.41, 5.74) is 6.61. The van der Waals surface area contributed by atoms with E-state index in [4.69, 9.17) is 5.73 Å². The van der Waals surface area contributed by atoms with Gasteiger partial charge in [-0.05, 0) is 48.0 Å². The van der Waals surface area contributed by atoms with Gasteiger partial charge >= 0.3 is 10.2 Å². The summed E-state index contributed by atoms with van der Waals surface area (Å²) < 4.78 is 28.2. The number of nitrogen functional groups attached to an aromatic ring is 1. The Bertz CT molecular complexity index is 502. The van der Waals surface area contributed by atoms with Crippen LogP contribution in [0.25, 0.3) is 0 Å². The van der Waals surface area contributed by atoms with Crippen molar-refractivity contribution in [1.82, 2.24) is 4.31 Å². The minimum atomic E-state index is -3.54. The van der Waals surface area contributed by atoms with Crippen molar-refractivity contribution in [3.63, 3.8) is 0 Å². The minimum Gasteiger partial charge on any atom is -0.399 e. The number of hydrogen-bond donors (Lipinski definition) is 2. The van der Waals surface area contributed by atoms with Gasteiger partial charge in [-0.1, -0.05) is 0 Å². The molecule has 1 aromatic rings. The molecule has 0 saturated heterocycles. The lowest BCUT2D eigenvalue weighted by Gasteiger charge is -2.22. The Morgan fingerprint density at radius 3 is 2.47 bits per heavy atom. The molecule has 5 nitrogen and oxygen atoms in total. The molecule has 0 aromatic heterocycles. The van der Waals surface area contributed by atoms with Crippen LogP contribution in [0.15, 0.2) is 22.7 Å². The Hall–Kier alpha value is -0.790.